The smallest absolute Gasteiger partial charge is 0.314 e. The molecule has 2 heterocycles. The Labute approximate surface area is 535 Å². The highest BCUT2D eigenvalue weighted by atomic mass is 16.5. The zero-order chi connectivity index (χ0) is 62.8. The number of anilines is 1. The summed E-state index contributed by atoms with van der Waals surface area (Å²) in [6, 6.07) is 15.2. The summed E-state index contributed by atoms with van der Waals surface area (Å²) >= 11 is 0. The van der Waals surface area contributed by atoms with Crippen LogP contribution in [0.25, 0.3) is 5.69 Å². The van der Waals surface area contributed by atoms with Crippen LogP contribution in [-0.4, -0.2) is 52.1 Å². The molecule has 0 spiro atoms. The number of carbonyl (C=O) groups excluding carboxylic acids is 6. The van der Waals surface area contributed by atoms with Crippen molar-refractivity contribution in [2.24, 2.45) is 76.9 Å². The predicted octanol–water partition coefficient (Wildman–Crippen LogP) is 16.6. The van der Waals surface area contributed by atoms with E-state index < -0.39 is 23.0 Å². The average Bonchev–Trinajstić information content (AvgIpc) is 3.23. The molecule has 3 unspecified atom stereocenters. The fourth-order valence-electron chi connectivity index (χ4n) is 17.6. The van der Waals surface area contributed by atoms with Crippen molar-refractivity contribution in [2.75, 3.05) is 4.90 Å². The van der Waals surface area contributed by atoms with Gasteiger partial charge >= 0.3 is 11.9 Å². The van der Waals surface area contributed by atoms with E-state index in [0.29, 0.717) is 84.1 Å². The van der Waals surface area contributed by atoms with Crippen LogP contribution in [0.5, 0.6) is 23.0 Å². The molecule has 2 amide bonds. The Morgan fingerprint density at radius 1 is 0.533 bits per heavy atom. The minimum Gasteiger partial charge on any atom is -0.480 e. The molecule has 11 rings (SSSR count). The highest BCUT2D eigenvalue weighted by Gasteiger charge is 2.48. The first-order valence-electron chi connectivity index (χ1n) is 35.7. The maximum Gasteiger partial charge on any atom is 0.314 e. The number of imide groups is 1. The molecule has 90 heavy (non-hydrogen) atoms. The van der Waals surface area contributed by atoms with Gasteiger partial charge in [0.1, 0.15) is 11.5 Å². The van der Waals surface area contributed by atoms with E-state index in [1.165, 1.54) is 94.1 Å². The number of carbonyl (C=O) groups is 6. The minimum absolute atomic E-state index is 0.149. The lowest BCUT2D eigenvalue weighted by molar-refractivity contribution is -0.141. The zero-order valence-electron chi connectivity index (χ0n) is 54.3. The molecular weight excluding hydrogens is 1130 g/mol. The number of hydrogen-bond donors (Lipinski definition) is 0. The van der Waals surface area contributed by atoms with Crippen LogP contribution >= 0.6 is 0 Å². The van der Waals surface area contributed by atoms with Crippen molar-refractivity contribution in [3.8, 4) is 28.7 Å². The number of aldehydes is 2. The first-order valence-corrected chi connectivity index (χ1v) is 35.7. The van der Waals surface area contributed by atoms with Crippen LogP contribution < -0.4 is 29.4 Å². The number of fused-ring (bicyclic) bond motifs is 1. The summed E-state index contributed by atoms with van der Waals surface area (Å²) < 4.78 is 27.0. The van der Waals surface area contributed by atoms with Crippen LogP contribution in [0.2, 0.25) is 0 Å². The number of amides is 2. The summed E-state index contributed by atoms with van der Waals surface area (Å²) in [6.07, 6.45) is 43.8. The van der Waals surface area contributed by atoms with Gasteiger partial charge < -0.3 is 18.9 Å². The van der Waals surface area contributed by atoms with E-state index >= 15 is 0 Å². The van der Waals surface area contributed by atoms with Crippen LogP contribution in [0.15, 0.2) is 89.9 Å². The Bertz CT molecular complexity index is 3050. The molecular formula is C77H102N2O11. The van der Waals surface area contributed by atoms with Gasteiger partial charge in [-0.05, 0) is 212 Å². The number of benzene rings is 2. The van der Waals surface area contributed by atoms with Crippen LogP contribution in [0.4, 0.5) is 5.69 Å². The maximum atomic E-state index is 14.0. The van der Waals surface area contributed by atoms with Gasteiger partial charge in [-0.15, -0.1) is 0 Å². The van der Waals surface area contributed by atoms with E-state index in [9.17, 15) is 33.6 Å². The summed E-state index contributed by atoms with van der Waals surface area (Å²) in [4.78, 5) is 95.6. The molecule has 13 heteroatoms. The van der Waals surface area contributed by atoms with Crippen molar-refractivity contribution in [1.82, 2.24) is 4.57 Å². The zero-order valence-corrected chi connectivity index (χ0v) is 54.3. The lowest BCUT2D eigenvalue weighted by Gasteiger charge is -2.41. The number of aromatic nitrogens is 1. The summed E-state index contributed by atoms with van der Waals surface area (Å²) in [5.74, 6) is 4.33. The van der Waals surface area contributed by atoms with Gasteiger partial charge in [0.25, 0.3) is 5.56 Å². The molecule has 3 atom stereocenters. The lowest BCUT2D eigenvalue weighted by Crippen LogP contribution is -2.43. The average molecular weight is 1230 g/mol. The fraction of sp³-hybridized carbons (Fsp3) is 0.649. The molecule has 1 aromatic heterocycles. The van der Waals surface area contributed by atoms with Gasteiger partial charge in [-0.25, -0.2) is 4.90 Å². The second kappa shape index (κ2) is 30.1. The number of ether oxygens (including phenoxy) is 4. The third-order valence-corrected chi connectivity index (χ3v) is 23.7. The Kier molecular flexibility index (Phi) is 21.9. The van der Waals surface area contributed by atoms with Crippen LogP contribution in [-0.2, 0) is 28.8 Å². The molecule has 2 aromatic carbocycles. The first-order chi connectivity index (χ1) is 43.8. The molecule has 7 aliphatic carbocycles. The van der Waals surface area contributed by atoms with E-state index in [0.717, 1.165) is 132 Å². The van der Waals surface area contributed by atoms with Crippen LogP contribution in [0.1, 0.15) is 226 Å². The number of pyridine rings is 1. The van der Waals surface area contributed by atoms with Crippen LogP contribution in [0, 0.1) is 76.9 Å². The molecule has 0 N–H and O–H groups in total. The van der Waals surface area contributed by atoms with E-state index in [4.69, 9.17) is 18.9 Å². The predicted molar refractivity (Wildman–Crippen MR) is 350 cm³/mol. The summed E-state index contributed by atoms with van der Waals surface area (Å²) in [5, 5.41) is 0. The molecule has 3 aromatic rings. The Balaban J connectivity index is 0.609. The monoisotopic (exact) mass is 1230 g/mol. The van der Waals surface area contributed by atoms with Crippen molar-refractivity contribution in [3.63, 3.8) is 0 Å². The third kappa shape index (κ3) is 15.5. The molecule has 0 bridgehead atoms. The molecule has 1 saturated heterocycles. The first kappa shape index (κ1) is 65.4. The van der Waals surface area contributed by atoms with Crippen LogP contribution in [0.3, 0.4) is 0 Å². The Morgan fingerprint density at radius 2 is 0.978 bits per heavy atom. The van der Waals surface area contributed by atoms with Gasteiger partial charge in [-0.1, -0.05) is 128 Å². The number of nitrogens with zero attached hydrogens (tertiary/aromatic N) is 2. The molecule has 6 saturated carbocycles. The largest absolute Gasteiger partial charge is 0.480 e. The van der Waals surface area contributed by atoms with Crippen molar-refractivity contribution < 1.29 is 47.7 Å². The highest BCUT2D eigenvalue weighted by molar-refractivity contribution is 6.24. The van der Waals surface area contributed by atoms with Gasteiger partial charge in [0.15, 0.2) is 35.3 Å². The Morgan fingerprint density at radius 3 is 1.48 bits per heavy atom. The summed E-state index contributed by atoms with van der Waals surface area (Å²) in [7, 11) is 0. The number of hydrogen-bond acceptors (Lipinski definition) is 11. The number of esters is 2. The molecule has 486 valence electrons. The van der Waals surface area contributed by atoms with E-state index in [2.05, 4.69) is 20.8 Å². The minimum atomic E-state index is -0.994. The van der Waals surface area contributed by atoms with Crippen molar-refractivity contribution in [3.05, 3.63) is 95.5 Å². The number of rotatable bonds is 24. The highest BCUT2D eigenvalue weighted by Crippen LogP contribution is 2.48. The van der Waals surface area contributed by atoms with Gasteiger partial charge in [0.2, 0.25) is 11.8 Å². The van der Waals surface area contributed by atoms with Gasteiger partial charge in [0, 0.05) is 24.4 Å². The van der Waals surface area contributed by atoms with Gasteiger partial charge in [-0.2, -0.15) is 0 Å². The van der Waals surface area contributed by atoms with Gasteiger partial charge in [-0.3, -0.25) is 38.1 Å². The lowest BCUT2D eigenvalue weighted by atomic mass is 9.67. The molecule has 0 radical (unpaired) electrons. The van der Waals surface area contributed by atoms with Gasteiger partial charge in [0.05, 0.1) is 35.0 Å². The quantitative estimate of drug-likeness (QED) is 0.0363. The standard InChI is InChI=1S/C77H102N2O11/c1-4-6-11-54-39-43-76(50-80,44-40-54)90-64-36-38-70(68(49-64)79-72(83)65-12-7-8-13-66(65)73(79)84)88-74(85)61-29-23-56(24-30-61)18-16-52(3)15-17-55-21-27-58(28-22-55)60-41-45-77(51-81,46-42-60)89-63-35-37-69(67(48-63)78-47-10-9-14-71(78)82)87-75(86)62-33-31-59(32-34-62)57-25-19-53(5-2)20-26-57/h7-10,12-14,35-38,47-62,65-66H,4-6,11,15-34,39-46H2,1-3H3. The number of allylic oxidation sites excluding steroid dienone is 2. The van der Waals surface area contributed by atoms with Crippen molar-refractivity contribution in [2.45, 2.75) is 237 Å². The number of unbranched alkanes of at least 4 members (excludes halogenated alkanes) is 1. The SMILES string of the molecule is CCCCC1CCC(C=O)(Oc2ccc(OC(=O)C3CCC(CCC(C)CCC4CCC(C5CCC(C=O)(Oc6ccc(OC(=O)C7CCC(C8CCC(CC)CC8)CC7)c(-n7ccccc7=O)c6)CC5)CC4)CC3)c(N3C(=O)C4C=CC=CC4C3=O)c2)CC1. The van der Waals surface area contributed by atoms with E-state index in [1.54, 1.807) is 79.0 Å². The van der Waals surface area contributed by atoms with E-state index in [1.807, 2.05) is 0 Å². The fourth-order valence-corrected chi connectivity index (χ4v) is 17.6. The maximum absolute atomic E-state index is 14.0. The summed E-state index contributed by atoms with van der Waals surface area (Å²) in [6.45, 7) is 6.90. The van der Waals surface area contributed by atoms with E-state index in [-0.39, 0.29) is 52.6 Å². The molecule has 7 fully saturated rings. The second-order valence-electron chi connectivity index (χ2n) is 29.4. The second-order valence-corrected chi connectivity index (χ2v) is 29.4. The third-order valence-electron chi connectivity index (χ3n) is 23.7. The van der Waals surface area contributed by atoms with Crippen molar-refractivity contribution in [1.29, 1.82) is 0 Å². The molecule has 1 aliphatic heterocycles. The normalized spacial score (nSPS) is 32.3. The topological polar surface area (TPSA) is 165 Å². The molecule has 13 nitrogen and oxygen atoms in total. The summed E-state index contributed by atoms with van der Waals surface area (Å²) in [5.41, 5.74) is -1.58. The van der Waals surface area contributed by atoms with Crippen molar-refractivity contribution >= 4 is 42.0 Å². The Hall–Kier alpha value is -6.11. The molecule has 8 aliphatic rings.